The summed E-state index contributed by atoms with van der Waals surface area (Å²) in [5.74, 6) is -2.07. The lowest BCUT2D eigenvalue weighted by atomic mass is 10.2. The molecule has 0 rings (SSSR count). The van der Waals surface area contributed by atoms with E-state index in [1.54, 1.807) is 0 Å². The van der Waals surface area contributed by atoms with Crippen LogP contribution in [0.25, 0.3) is 0 Å². The summed E-state index contributed by atoms with van der Waals surface area (Å²) < 4.78 is 14.0. The fourth-order valence-corrected chi connectivity index (χ4v) is 0.698. The van der Waals surface area contributed by atoms with Crippen LogP contribution in [0.15, 0.2) is 0 Å². The number of aliphatic carboxylic acids is 1. The number of hydrogen-bond donors (Lipinski definition) is 3. The third kappa shape index (κ3) is 6.00. The van der Waals surface area contributed by atoms with Gasteiger partial charge in [0.1, 0.15) is 0 Å². The van der Waals surface area contributed by atoms with Gasteiger partial charge in [0.15, 0.2) is 0 Å². The SMILES string of the molecule is CC(COP(=O)(O)O)C(=O)O. The molecule has 0 saturated heterocycles. The summed E-state index contributed by atoms with van der Waals surface area (Å²) in [6, 6.07) is 0. The Bertz CT molecular complexity index is 183. The van der Waals surface area contributed by atoms with Crippen LogP contribution in [0.2, 0.25) is 0 Å². The Morgan fingerprint density at radius 3 is 2.36 bits per heavy atom. The van der Waals surface area contributed by atoms with Crippen molar-refractivity contribution in [3.05, 3.63) is 0 Å². The van der Waals surface area contributed by atoms with E-state index >= 15 is 0 Å². The molecule has 1 atom stereocenters. The molecular formula is C4H9O6P. The maximum atomic E-state index is 10.1. The first-order chi connectivity index (χ1) is 4.83. The molecular weight excluding hydrogens is 175 g/mol. The number of rotatable bonds is 4. The molecule has 0 fully saturated rings. The van der Waals surface area contributed by atoms with E-state index < -0.39 is 26.3 Å². The van der Waals surface area contributed by atoms with Crippen molar-refractivity contribution < 1.29 is 28.8 Å². The molecule has 66 valence electrons. The summed E-state index contributed by atoms with van der Waals surface area (Å²) in [4.78, 5) is 26.4. The van der Waals surface area contributed by atoms with Crippen LogP contribution in [0.4, 0.5) is 0 Å². The van der Waals surface area contributed by atoms with Gasteiger partial charge in [0.05, 0.1) is 12.5 Å². The first-order valence-corrected chi connectivity index (χ1v) is 4.29. The first-order valence-electron chi connectivity index (χ1n) is 2.76. The maximum Gasteiger partial charge on any atom is 0.469 e. The van der Waals surface area contributed by atoms with Crippen LogP contribution < -0.4 is 0 Å². The molecule has 0 radical (unpaired) electrons. The lowest BCUT2D eigenvalue weighted by molar-refractivity contribution is -0.142. The van der Waals surface area contributed by atoms with E-state index in [4.69, 9.17) is 14.9 Å². The van der Waals surface area contributed by atoms with Gasteiger partial charge in [-0.25, -0.2) is 4.57 Å². The molecule has 7 heteroatoms. The van der Waals surface area contributed by atoms with Gasteiger partial charge < -0.3 is 14.9 Å². The zero-order valence-electron chi connectivity index (χ0n) is 5.80. The fraction of sp³-hybridized carbons (Fsp3) is 0.750. The predicted molar refractivity (Wildman–Crippen MR) is 34.8 cm³/mol. The highest BCUT2D eigenvalue weighted by Crippen LogP contribution is 2.36. The van der Waals surface area contributed by atoms with Crippen LogP contribution in [-0.2, 0) is 13.9 Å². The molecule has 6 nitrogen and oxygen atoms in total. The second-order valence-corrected chi connectivity index (χ2v) is 3.26. The number of carbonyl (C=O) groups is 1. The molecule has 0 aromatic rings. The van der Waals surface area contributed by atoms with Crippen molar-refractivity contribution in [3.8, 4) is 0 Å². The second-order valence-electron chi connectivity index (χ2n) is 2.03. The van der Waals surface area contributed by atoms with Gasteiger partial charge in [0.2, 0.25) is 0 Å². The topological polar surface area (TPSA) is 104 Å². The first kappa shape index (κ1) is 10.6. The summed E-state index contributed by atoms with van der Waals surface area (Å²) in [6.45, 7) is 0.803. The summed E-state index contributed by atoms with van der Waals surface area (Å²) in [6.07, 6.45) is 0. The summed E-state index contributed by atoms with van der Waals surface area (Å²) in [5, 5.41) is 8.25. The van der Waals surface area contributed by atoms with E-state index in [0.29, 0.717) is 0 Å². The number of phosphoric ester groups is 1. The van der Waals surface area contributed by atoms with Crippen LogP contribution >= 0.6 is 7.82 Å². The van der Waals surface area contributed by atoms with Crippen molar-refractivity contribution >= 4 is 13.8 Å². The van der Waals surface area contributed by atoms with Crippen LogP contribution in [0.5, 0.6) is 0 Å². The average Bonchev–Trinajstić information content (AvgIpc) is 1.80. The Morgan fingerprint density at radius 1 is 1.64 bits per heavy atom. The Hall–Kier alpha value is -0.420. The molecule has 0 bridgehead atoms. The van der Waals surface area contributed by atoms with Crippen molar-refractivity contribution in [2.45, 2.75) is 6.92 Å². The monoisotopic (exact) mass is 184 g/mol. The van der Waals surface area contributed by atoms with Crippen LogP contribution in [0.3, 0.4) is 0 Å². The zero-order valence-corrected chi connectivity index (χ0v) is 6.69. The largest absolute Gasteiger partial charge is 0.481 e. The van der Waals surface area contributed by atoms with Crippen LogP contribution in [0.1, 0.15) is 6.92 Å². The number of phosphoric acid groups is 1. The smallest absolute Gasteiger partial charge is 0.469 e. The fourth-order valence-electron chi connectivity index (χ4n) is 0.280. The molecule has 0 aliphatic carbocycles. The average molecular weight is 184 g/mol. The number of carboxylic acids is 1. The lowest BCUT2D eigenvalue weighted by Gasteiger charge is -2.07. The molecule has 0 aromatic carbocycles. The van der Waals surface area contributed by atoms with Crippen molar-refractivity contribution in [2.24, 2.45) is 5.92 Å². The van der Waals surface area contributed by atoms with Gasteiger partial charge >= 0.3 is 13.8 Å². The molecule has 0 aliphatic heterocycles. The maximum absolute atomic E-state index is 10.1. The number of carboxylic acid groups (broad SMARTS) is 1. The van der Waals surface area contributed by atoms with Gasteiger partial charge in [-0.2, -0.15) is 0 Å². The van der Waals surface area contributed by atoms with Gasteiger partial charge in [-0.3, -0.25) is 9.32 Å². The molecule has 0 aliphatic rings. The summed E-state index contributed by atoms with van der Waals surface area (Å²) in [5.41, 5.74) is 0. The highest BCUT2D eigenvalue weighted by atomic mass is 31.2. The third-order valence-corrected chi connectivity index (χ3v) is 1.40. The van der Waals surface area contributed by atoms with E-state index in [-0.39, 0.29) is 0 Å². The highest BCUT2D eigenvalue weighted by molar-refractivity contribution is 7.46. The second kappa shape index (κ2) is 3.82. The van der Waals surface area contributed by atoms with Crippen molar-refractivity contribution in [1.29, 1.82) is 0 Å². The van der Waals surface area contributed by atoms with Crippen LogP contribution in [-0.4, -0.2) is 27.5 Å². The molecule has 3 N–H and O–H groups in total. The van der Waals surface area contributed by atoms with Crippen molar-refractivity contribution in [2.75, 3.05) is 6.61 Å². The Balaban J connectivity index is 3.72. The van der Waals surface area contributed by atoms with Gasteiger partial charge in [-0.15, -0.1) is 0 Å². The van der Waals surface area contributed by atoms with Gasteiger partial charge in [0, 0.05) is 0 Å². The highest BCUT2D eigenvalue weighted by Gasteiger charge is 2.19. The molecule has 0 amide bonds. The minimum Gasteiger partial charge on any atom is -0.481 e. The summed E-state index contributed by atoms with van der Waals surface area (Å²) in [7, 11) is -4.52. The van der Waals surface area contributed by atoms with Gasteiger partial charge in [0.25, 0.3) is 0 Å². The molecule has 11 heavy (non-hydrogen) atoms. The quantitative estimate of drug-likeness (QED) is 0.523. The van der Waals surface area contributed by atoms with Gasteiger partial charge in [-0.05, 0) is 6.92 Å². The Labute approximate surface area is 63.0 Å². The molecule has 0 aromatic heterocycles. The van der Waals surface area contributed by atoms with E-state index in [2.05, 4.69) is 4.52 Å². The zero-order chi connectivity index (χ0) is 9.07. The lowest BCUT2D eigenvalue weighted by Crippen LogP contribution is -2.15. The number of hydrogen-bond acceptors (Lipinski definition) is 3. The van der Waals surface area contributed by atoms with Crippen molar-refractivity contribution in [1.82, 2.24) is 0 Å². The normalized spacial score (nSPS) is 14.5. The minimum absolute atomic E-state index is 0.486. The Morgan fingerprint density at radius 2 is 2.09 bits per heavy atom. The van der Waals surface area contributed by atoms with Crippen molar-refractivity contribution in [3.63, 3.8) is 0 Å². The Kier molecular flexibility index (Phi) is 3.68. The van der Waals surface area contributed by atoms with Crippen LogP contribution in [0, 0.1) is 5.92 Å². The predicted octanol–water partition coefficient (Wildman–Crippen LogP) is -0.184. The molecule has 1 unspecified atom stereocenters. The standard InChI is InChI=1S/C4H9O6P/c1-3(4(5)6)2-10-11(7,8)9/h3H,2H2,1H3,(H,5,6)(H2,7,8,9). The van der Waals surface area contributed by atoms with E-state index in [9.17, 15) is 9.36 Å². The molecule has 0 saturated carbocycles. The third-order valence-electron chi connectivity index (χ3n) is 0.914. The summed E-state index contributed by atoms with van der Waals surface area (Å²) >= 11 is 0. The van der Waals surface area contributed by atoms with Gasteiger partial charge in [-0.1, -0.05) is 0 Å². The molecule has 0 heterocycles. The minimum atomic E-state index is -4.52. The molecule has 0 spiro atoms. The van der Waals surface area contributed by atoms with E-state index in [1.807, 2.05) is 0 Å². The van der Waals surface area contributed by atoms with E-state index in [1.165, 1.54) is 6.92 Å². The van der Waals surface area contributed by atoms with E-state index in [0.717, 1.165) is 0 Å².